The van der Waals surface area contributed by atoms with Crippen LogP contribution < -0.4 is 10.1 Å². The molecule has 0 fully saturated rings. The van der Waals surface area contributed by atoms with E-state index in [1.165, 1.54) is 0 Å². The van der Waals surface area contributed by atoms with Crippen LogP contribution in [0.3, 0.4) is 0 Å². The summed E-state index contributed by atoms with van der Waals surface area (Å²) in [5.74, 6) is 1.64. The molecular formula is C18H16N4O. The van der Waals surface area contributed by atoms with E-state index in [2.05, 4.69) is 10.3 Å². The second-order valence-corrected chi connectivity index (χ2v) is 5.18. The number of hydrogen-bond donors (Lipinski definition) is 1. The van der Waals surface area contributed by atoms with E-state index >= 15 is 0 Å². The van der Waals surface area contributed by atoms with Crippen molar-refractivity contribution in [1.82, 2.24) is 14.4 Å². The van der Waals surface area contributed by atoms with Gasteiger partial charge < -0.3 is 10.1 Å². The number of nitrogens with zero attached hydrogens (tertiary/aromatic N) is 3. The second-order valence-electron chi connectivity index (χ2n) is 5.18. The molecule has 23 heavy (non-hydrogen) atoms. The Kier molecular flexibility index (Phi) is 3.31. The van der Waals surface area contributed by atoms with E-state index < -0.39 is 0 Å². The molecule has 0 saturated heterocycles. The van der Waals surface area contributed by atoms with Crippen molar-refractivity contribution in [2.24, 2.45) is 0 Å². The van der Waals surface area contributed by atoms with Crippen molar-refractivity contribution in [2.45, 2.75) is 6.92 Å². The molecule has 0 aliphatic rings. The minimum absolute atomic E-state index is 0.662. The first-order chi connectivity index (χ1) is 11.3. The fourth-order valence-electron chi connectivity index (χ4n) is 2.63. The number of benzene rings is 2. The molecule has 0 spiro atoms. The molecule has 2 aromatic heterocycles. The molecule has 0 aliphatic carbocycles. The summed E-state index contributed by atoms with van der Waals surface area (Å²) in [7, 11) is 0. The summed E-state index contributed by atoms with van der Waals surface area (Å²) in [6.45, 7) is 2.64. The van der Waals surface area contributed by atoms with Crippen molar-refractivity contribution in [3.63, 3.8) is 0 Å². The van der Waals surface area contributed by atoms with Crippen LogP contribution in [0.1, 0.15) is 6.92 Å². The number of para-hydroxylation sites is 2. The molecule has 4 rings (SSSR count). The fraction of sp³-hybridized carbons (Fsp3) is 0.111. The standard InChI is InChI=1S/C18H16N4O/c1-2-23-14-9-7-13(8-10-14)20-18-17-11-19-12-22(17)16-6-4-3-5-15(16)21-18/h3-12H,2H2,1H3,(H,20,21). The Bertz CT molecular complexity index is 960. The quantitative estimate of drug-likeness (QED) is 0.618. The second kappa shape index (κ2) is 5.61. The number of fused-ring (bicyclic) bond motifs is 3. The third kappa shape index (κ3) is 2.46. The smallest absolute Gasteiger partial charge is 0.157 e. The summed E-state index contributed by atoms with van der Waals surface area (Å²) < 4.78 is 7.51. The Hall–Kier alpha value is -3.08. The molecular weight excluding hydrogens is 288 g/mol. The van der Waals surface area contributed by atoms with Crippen molar-refractivity contribution in [1.29, 1.82) is 0 Å². The van der Waals surface area contributed by atoms with Crippen LogP contribution in [-0.4, -0.2) is 21.0 Å². The van der Waals surface area contributed by atoms with Crippen LogP contribution in [0, 0.1) is 0 Å². The Labute approximate surface area is 133 Å². The lowest BCUT2D eigenvalue weighted by Gasteiger charge is -2.10. The molecule has 5 nitrogen and oxygen atoms in total. The van der Waals surface area contributed by atoms with Crippen molar-refractivity contribution in [2.75, 3.05) is 11.9 Å². The first kappa shape index (κ1) is 13.6. The van der Waals surface area contributed by atoms with Crippen LogP contribution in [0.15, 0.2) is 61.1 Å². The molecule has 1 N–H and O–H groups in total. The maximum absolute atomic E-state index is 5.47. The summed E-state index contributed by atoms with van der Waals surface area (Å²) in [6, 6.07) is 15.9. The topological polar surface area (TPSA) is 51.5 Å². The molecule has 4 aromatic rings. The Morgan fingerprint density at radius 1 is 1.04 bits per heavy atom. The molecule has 0 amide bonds. The summed E-state index contributed by atoms with van der Waals surface area (Å²) in [5.41, 5.74) is 3.86. The number of nitrogens with one attached hydrogen (secondary N) is 1. The van der Waals surface area contributed by atoms with Gasteiger partial charge in [-0.15, -0.1) is 0 Å². The Morgan fingerprint density at radius 2 is 1.87 bits per heavy atom. The molecule has 2 heterocycles. The molecule has 5 heteroatoms. The largest absolute Gasteiger partial charge is 0.494 e. The normalized spacial score (nSPS) is 11.0. The van der Waals surface area contributed by atoms with E-state index in [9.17, 15) is 0 Å². The molecule has 0 atom stereocenters. The van der Waals surface area contributed by atoms with Crippen LogP contribution in [0.4, 0.5) is 11.5 Å². The van der Waals surface area contributed by atoms with Crippen molar-refractivity contribution in [3.8, 4) is 5.75 Å². The zero-order valence-electron chi connectivity index (χ0n) is 12.7. The third-order valence-corrected chi connectivity index (χ3v) is 3.68. The third-order valence-electron chi connectivity index (χ3n) is 3.68. The number of ether oxygens (including phenoxy) is 1. The number of hydrogen-bond acceptors (Lipinski definition) is 4. The summed E-state index contributed by atoms with van der Waals surface area (Å²) >= 11 is 0. The molecule has 2 aromatic carbocycles. The van der Waals surface area contributed by atoms with Crippen molar-refractivity contribution in [3.05, 3.63) is 61.1 Å². The number of imidazole rings is 1. The van der Waals surface area contributed by atoms with Gasteiger partial charge >= 0.3 is 0 Å². The average molecular weight is 304 g/mol. The van der Waals surface area contributed by atoms with Crippen LogP contribution in [0.25, 0.3) is 16.6 Å². The van der Waals surface area contributed by atoms with Gasteiger partial charge in [0.2, 0.25) is 0 Å². The molecule has 0 aliphatic heterocycles. The Balaban J connectivity index is 1.76. The number of rotatable bonds is 4. The van der Waals surface area contributed by atoms with E-state index in [4.69, 9.17) is 9.72 Å². The zero-order chi connectivity index (χ0) is 15.6. The van der Waals surface area contributed by atoms with Crippen molar-refractivity contribution >= 4 is 28.1 Å². The highest BCUT2D eigenvalue weighted by atomic mass is 16.5. The Morgan fingerprint density at radius 3 is 2.70 bits per heavy atom. The average Bonchev–Trinajstić information content (AvgIpc) is 3.07. The van der Waals surface area contributed by atoms with Gasteiger partial charge in [0, 0.05) is 5.69 Å². The van der Waals surface area contributed by atoms with Gasteiger partial charge in [-0.3, -0.25) is 4.40 Å². The first-order valence-electron chi connectivity index (χ1n) is 7.56. The van der Waals surface area contributed by atoms with Gasteiger partial charge in [0.25, 0.3) is 0 Å². The molecule has 0 bridgehead atoms. The van der Waals surface area contributed by atoms with Gasteiger partial charge in [0.05, 0.1) is 30.2 Å². The van der Waals surface area contributed by atoms with Gasteiger partial charge in [-0.2, -0.15) is 0 Å². The predicted octanol–water partition coefficient (Wildman–Crippen LogP) is 4.02. The van der Waals surface area contributed by atoms with E-state index in [0.717, 1.165) is 33.8 Å². The summed E-state index contributed by atoms with van der Waals surface area (Å²) in [5, 5.41) is 3.37. The van der Waals surface area contributed by atoms with Crippen LogP contribution >= 0.6 is 0 Å². The van der Waals surface area contributed by atoms with E-state index in [1.807, 2.05) is 72.4 Å². The minimum Gasteiger partial charge on any atom is -0.494 e. The highest BCUT2D eigenvalue weighted by Gasteiger charge is 2.08. The van der Waals surface area contributed by atoms with Gasteiger partial charge in [-0.05, 0) is 43.3 Å². The number of anilines is 2. The highest BCUT2D eigenvalue weighted by molar-refractivity contribution is 5.85. The van der Waals surface area contributed by atoms with Crippen LogP contribution in [0.5, 0.6) is 5.75 Å². The highest BCUT2D eigenvalue weighted by Crippen LogP contribution is 2.25. The van der Waals surface area contributed by atoms with E-state index in [0.29, 0.717) is 6.61 Å². The molecule has 0 unspecified atom stereocenters. The monoisotopic (exact) mass is 304 g/mol. The zero-order valence-corrected chi connectivity index (χ0v) is 12.7. The van der Waals surface area contributed by atoms with Crippen LogP contribution in [0.2, 0.25) is 0 Å². The van der Waals surface area contributed by atoms with Gasteiger partial charge in [-0.1, -0.05) is 12.1 Å². The maximum atomic E-state index is 5.47. The minimum atomic E-state index is 0.662. The molecule has 114 valence electrons. The molecule has 0 saturated carbocycles. The first-order valence-corrected chi connectivity index (χ1v) is 7.56. The molecule has 0 radical (unpaired) electrons. The lowest BCUT2D eigenvalue weighted by Crippen LogP contribution is -1.99. The van der Waals surface area contributed by atoms with Crippen LogP contribution in [-0.2, 0) is 0 Å². The predicted molar refractivity (Wildman–Crippen MR) is 91.4 cm³/mol. The van der Waals surface area contributed by atoms with Crippen molar-refractivity contribution < 1.29 is 4.74 Å². The lowest BCUT2D eigenvalue weighted by molar-refractivity contribution is 0.340. The maximum Gasteiger partial charge on any atom is 0.157 e. The van der Waals surface area contributed by atoms with Gasteiger partial charge in [0.1, 0.15) is 11.3 Å². The summed E-state index contributed by atoms with van der Waals surface area (Å²) in [4.78, 5) is 8.98. The number of aromatic nitrogens is 3. The lowest BCUT2D eigenvalue weighted by atomic mass is 10.2. The fourth-order valence-corrected chi connectivity index (χ4v) is 2.63. The van der Waals surface area contributed by atoms with E-state index in [1.54, 1.807) is 0 Å². The van der Waals surface area contributed by atoms with Gasteiger partial charge in [-0.25, -0.2) is 9.97 Å². The SMILES string of the molecule is CCOc1ccc(Nc2nc3ccccc3n3cncc23)cc1. The van der Waals surface area contributed by atoms with E-state index in [-0.39, 0.29) is 0 Å². The summed E-state index contributed by atoms with van der Waals surface area (Å²) in [6.07, 6.45) is 3.62. The van der Waals surface area contributed by atoms with Gasteiger partial charge in [0.15, 0.2) is 5.82 Å².